The number of benzene rings is 8. The summed E-state index contributed by atoms with van der Waals surface area (Å²) in [6, 6.07) is 69.8. The summed E-state index contributed by atoms with van der Waals surface area (Å²) in [6.45, 7) is 0. The Kier molecular flexibility index (Phi) is 6.00. The van der Waals surface area contributed by atoms with Crippen LogP contribution in [0.4, 0.5) is 0 Å². The number of aromatic nitrogens is 1. The van der Waals surface area contributed by atoms with Gasteiger partial charge in [-0.2, -0.15) is 0 Å². The Balaban J connectivity index is 0.997. The minimum Gasteiger partial charge on any atom is -0.309 e. The first-order valence-electron chi connectivity index (χ1n) is 17.9. The predicted octanol–water partition coefficient (Wildman–Crippen LogP) is 12.4. The predicted molar refractivity (Wildman–Crippen MR) is 212 cm³/mol. The molecule has 51 heavy (non-hydrogen) atoms. The Hall–Kier alpha value is -6.44. The summed E-state index contributed by atoms with van der Waals surface area (Å²) in [4.78, 5) is 0. The average Bonchev–Trinajstić information content (AvgIpc) is 3.81. The molecule has 1 aromatic heterocycles. The van der Waals surface area contributed by atoms with Gasteiger partial charge in [0, 0.05) is 16.5 Å². The first-order valence-corrected chi connectivity index (χ1v) is 17.9. The molecule has 1 heteroatoms. The number of fused-ring (bicyclic) bond motifs is 13. The van der Waals surface area contributed by atoms with Gasteiger partial charge >= 0.3 is 0 Å². The first-order chi connectivity index (χ1) is 25.3. The number of rotatable bonds is 4. The van der Waals surface area contributed by atoms with E-state index in [2.05, 4.69) is 193 Å². The topological polar surface area (TPSA) is 4.93 Å². The summed E-state index contributed by atoms with van der Waals surface area (Å²) >= 11 is 0. The van der Waals surface area contributed by atoms with Crippen LogP contribution >= 0.6 is 0 Å². The number of nitrogens with zero attached hydrogens (tertiary/aromatic N) is 1. The van der Waals surface area contributed by atoms with Crippen molar-refractivity contribution in [2.24, 2.45) is 0 Å². The number of hydrogen-bond acceptors (Lipinski definition) is 0. The molecule has 0 bridgehead atoms. The van der Waals surface area contributed by atoms with Crippen molar-refractivity contribution in [1.29, 1.82) is 0 Å². The molecule has 0 N–H and O–H groups in total. The molecule has 2 aliphatic rings. The van der Waals surface area contributed by atoms with Crippen molar-refractivity contribution >= 4 is 21.8 Å². The molecule has 11 rings (SSSR count). The highest BCUT2D eigenvalue weighted by molar-refractivity contribution is 6.10. The van der Waals surface area contributed by atoms with Crippen LogP contribution in [0, 0.1) is 0 Å². The molecule has 0 aliphatic heterocycles. The standard InChI is InChI=1S/C50H33N/c1-2-14-37(15-3-1)51-47-24-11-7-18-40(47)42-32-35(29-30-48(42)51)34-27-25-33(26-28-34)31-36-13-12-23-46-49(36)41-19-6-10-22-45(41)50(46)43-20-8-4-16-38(43)39-17-5-9-21-44(39)50/h1-30,32H,31H2. The SMILES string of the molecule is c1ccc(-n2c3ccccc3c3cc(-c4ccc(Cc5cccc6c5-c5ccccc5C65c6ccccc6-c6ccccc65)cc4)ccc32)cc1. The van der Waals surface area contributed by atoms with Gasteiger partial charge in [0.15, 0.2) is 0 Å². The highest BCUT2D eigenvalue weighted by atomic mass is 15.0. The minimum atomic E-state index is -0.304. The highest BCUT2D eigenvalue weighted by Gasteiger charge is 2.51. The second-order valence-electron chi connectivity index (χ2n) is 14.0. The van der Waals surface area contributed by atoms with Gasteiger partial charge in [0.25, 0.3) is 0 Å². The lowest BCUT2D eigenvalue weighted by atomic mass is 9.70. The minimum absolute atomic E-state index is 0.304. The van der Waals surface area contributed by atoms with Crippen LogP contribution in [0.25, 0.3) is 60.9 Å². The van der Waals surface area contributed by atoms with E-state index in [4.69, 9.17) is 0 Å². The molecule has 0 saturated carbocycles. The van der Waals surface area contributed by atoms with E-state index < -0.39 is 0 Å². The van der Waals surface area contributed by atoms with E-state index >= 15 is 0 Å². The van der Waals surface area contributed by atoms with Crippen molar-refractivity contribution in [3.63, 3.8) is 0 Å². The van der Waals surface area contributed by atoms with Gasteiger partial charge < -0.3 is 4.57 Å². The van der Waals surface area contributed by atoms with Crippen molar-refractivity contribution in [3.8, 4) is 39.1 Å². The van der Waals surface area contributed by atoms with Crippen LogP contribution in [0.1, 0.15) is 33.4 Å². The molecule has 238 valence electrons. The van der Waals surface area contributed by atoms with Gasteiger partial charge in [-0.3, -0.25) is 0 Å². The van der Waals surface area contributed by atoms with E-state index in [1.54, 1.807) is 0 Å². The zero-order valence-electron chi connectivity index (χ0n) is 28.1. The lowest BCUT2D eigenvalue weighted by Crippen LogP contribution is -2.25. The fraction of sp³-hybridized carbons (Fsp3) is 0.0400. The summed E-state index contributed by atoms with van der Waals surface area (Å²) in [7, 11) is 0. The third kappa shape index (κ3) is 3.92. The van der Waals surface area contributed by atoms with Gasteiger partial charge in [0.1, 0.15) is 0 Å². The molecule has 0 fully saturated rings. The van der Waals surface area contributed by atoms with Crippen molar-refractivity contribution < 1.29 is 0 Å². The van der Waals surface area contributed by atoms with Gasteiger partial charge in [0.05, 0.1) is 16.4 Å². The Morgan fingerprint density at radius 2 is 0.961 bits per heavy atom. The second-order valence-corrected chi connectivity index (χ2v) is 14.0. The summed E-state index contributed by atoms with van der Waals surface area (Å²) in [5.41, 5.74) is 19.5. The third-order valence-corrected chi connectivity index (χ3v) is 11.5. The maximum Gasteiger partial charge on any atom is 0.0725 e. The van der Waals surface area contributed by atoms with Crippen LogP contribution in [0.2, 0.25) is 0 Å². The Morgan fingerprint density at radius 1 is 0.392 bits per heavy atom. The van der Waals surface area contributed by atoms with Gasteiger partial charge in [-0.15, -0.1) is 0 Å². The summed E-state index contributed by atoms with van der Waals surface area (Å²) in [6.07, 6.45) is 0.876. The molecule has 1 spiro atoms. The molecule has 0 saturated heterocycles. The Morgan fingerprint density at radius 3 is 1.71 bits per heavy atom. The second kappa shape index (κ2) is 10.8. The Labute approximate surface area is 297 Å². The summed E-state index contributed by atoms with van der Waals surface area (Å²) < 4.78 is 2.38. The van der Waals surface area contributed by atoms with Crippen molar-refractivity contribution in [3.05, 3.63) is 221 Å². The van der Waals surface area contributed by atoms with Crippen LogP contribution in [0.15, 0.2) is 188 Å². The fourth-order valence-electron chi connectivity index (χ4n) is 9.41. The largest absolute Gasteiger partial charge is 0.309 e. The van der Waals surface area contributed by atoms with Gasteiger partial charge in [0.2, 0.25) is 0 Å². The first kappa shape index (κ1) is 28.4. The van der Waals surface area contributed by atoms with Crippen LogP contribution in [0.5, 0.6) is 0 Å². The third-order valence-electron chi connectivity index (χ3n) is 11.5. The zero-order valence-corrected chi connectivity index (χ0v) is 28.1. The fourth-order valence-corrected chi connectivity index (χ4v) is 9.41. The molecule has 0 atom stereocenters. The van der Waals surface area contributed by atoms with Gasteiger partial charge in [-0.05, 0) is 104 Å². The molecular formula is C50H33N. The van der Waals surface area contributed by atoms with Crippen molar-refractivity contribution in [2.75, 3.05) is 0 Å². The molecule has 1 heterocycles. The van der Waals surface area contributed by atoms with Crippen molar-refractivity contribution in [2.45, 2.75) is 11.8 Å². The van der Waals surface area contributed by atoms with Gasteiger partial charge in [-0.25, -0.2) is 0 Å². The van der Waals surface area contributed by atoms with Crippen LogP contribution in [-0.4, -0.2) is 4.57 Å². The lowest BCUT2D eigenvalue weighted by molar-refractivity contribution is 0.793. The van der Waals surface area contributed by atoms with E-state index in [1.807, 2.05) is 0 Å². The molecule has 9 aromatic rings. The van der Waals surface area contributed by atoms with E-state index in [-0.39, 0.29) is 5.41 Å². The highest BCUT2D eigenvalue weighted by Crippen LogP contribution is 2.63. The van der Waals surface area contributed by atoms with E-state index in [0.29, 0.717) is 0 Å². The van der Waals surface area contributed by atoms with E-state index in [9.17, 15) is 0 Å². The Bertz CT molecular complexity index is 2770. The zero-order chi connectivity index (χ0) is 33.5. The van der Waals surface area contributed by atoms with E-state index in [1.165, 1.54) is 94.3 Å². The van der Waals surface area contributed by atoms with Gasteiger partial charge in [-0.1, -0.05) is 158 Å². The summed E-state index contributed by atoms with van der Waals surface area (Å²) in [5, 5.41) is 2.55. The quantitative estimate of drug-likeness (QED) is 0.179. The molecule has 2 aliphatic carbocycles. The maximum atomic E-state index is 2.38. The monoisotopic (exact) mass is 647 g/mol. The smallest absolute Gasteiger partial charge is 0.0725 e. The maximum absolute atomic E-state index is 2.38. The molecule has 0 radical (unpaired) electrons. The van der Waals surface area contributed by atoms with Crippen LogP contribution in [0.3, 0.4) is 0 Å². The number of hydrogen-bond donors (Lipinski definition) is 0. The summed E-state index contributed by atoms with van der Waals surface area (Å²) in [5.74, 6) is 0. The molecule has 0 unspecified atom stereocenters. The number of para-hydroxylation sites is 2. The molecular weight excluding hydrogens is 615 g/mol. The lowest BCUT2D eigenvalue weighted by Gasteiger charge is -2.30. The molecule has 8 aromatic carbocycles. The molecule has 0 amide bonds. The van der Waals surface area contributed by atoms with Crippen LogP contribution in [-0.2, 0) is 11.8 Å². The van der Waals surface area contributed by atoms with Crippen molar-refractivity contribution in [1.82, 2.24) is 4.57 Å². The normalized spacial score (nSPS) is 13.3. The average molecular weight is 648 g/mol. The molecule has 1 nitrogen and oxygen atoms in total. The van der Waals surface area contributed by atoms with Crippen LogP contribution < -0.4 is 0 Å². The van der Waals surface area contributed by atoms with E-state index in [0.717, 1.165) is 6.42 Å².